The van der Waals surface area contributed by atoms with Crippen molar-refractivity contribution in [1.29, 1.82) is 0 Å². The summed E-state index contributed by atoms with van der Waals surface area (Å²) in [6.07, 6.45) is 1.10. The number of carbonyl (C=O) groups is 1. The first kappa shape index (κ1) is 14.7. The highest BCUT2D eigenvalue weighted by Gasteiger charge is 2.15. The third-order valence-electron chi connectivity index (χ3n) is 2.23. The number of nitrogens with two attached hydrogens (primary N) is 1. The van der Waals surface area contributed by atoms with Gasteiger partial charge in [0.1, 0.15) is 0 Å². The minimum absolute atomic E-state index is 0.127. The molecule has 5 nitrogen and oxygen atoms in total. The molecule has 1 aromatic rings. The molecule has 1 rings (SSSR count). The molecule has 0 aliphatic rings. The summed E-state index contributed by atoms with van der Waals surface area (Å²) in [6, 6.07) is 5.92. The lowest BCUT2D eigenvalue weighted by molar-refractivity contribution is 0.0946. The number of hydrogen-bond donors (Lipinski definition) is 2. The van der Waals surface area contributed by atoms with Gasteiger partial charge in [-0.3, -0.25) is 4.79 Å². The first-order valence-electron chi connectivity index (χ1n) is 5.47. The van der Waals surface area contributed by atoms with Gasteiger partial charge in [-0.1, -0.05) is 6.07 Å². The van der Waals surface area contributed by atoms with E-state index in [1.54, 1.807) is 26.0 Å². The highest BCUT2D eigenvalue weighted by Crippen LogP contribution is 2.11. The number of sulfone groups is 1. The molecule has 1 amide bonds. The molecule has 18 heavy (non-hydrogen) atoms. The molecule has 1 aromatic carbocycles. The van der Waals surface area contributed by atoms with Crippen molar-refractivity contribution in [2.24, 2.45) is 5.73 Å². The van der Waals surface area contributed by atoms with Crippen molar-refractivity contribution >= 4 is 15.7 Å². The van der Waals surface area contributed by atoms with Crippen molar-refractivity contribution in [3.63, 3.8) is 0 Å². The van der Waals surface area contributed by atoms with Crippen LogP contribution in [0.4, 0.5) is 0 Å². The molecule has 0 radical (unpaired) electrons. The maximum Gasteiger partial charge on any atom is 0.251 e. The van der Waals surface area contributed by atoms with E-state index in [4.69, 9.17) is 5.73 Å². The summed E-state index contributed by atoms with van der Waals surface area (Å²) >= 11 is 0. The first-order valence-corrected chi connectivity index (χ1v) is 7.36. The number of nitrogens with one attached hydrogen (secondary N) is 1. The van der Waals surface area contributed by atoms with E-state index in [0.717, 1.165) is 6.26 Å². The Morgan fingerprint density at radius 2 is 2.00 bits per heavy atom. The largest absolute Gasteiger partial charge is 0.350 e. The Bertz CT molecular complexity index is 545. The Labute approximate surface area is 107 Å². The lowest BCUT2D eigenvalue weighted by Gasteiger charge is -2.18. The van der Waals surface area contributed by atoms with Crippen LogP contribution in [0.15, 0.2) is 29.2 Å². The van der Waals surface area contributed by atoms with Gasteiger partial charge >= 0.3 is 0 Å². The average molecular weight is 270 g/mol. The van der Waals surface area contributed by atoms with E-state index < -0.39 is 15.4 Å². The SMILES string of the molecule is CC(C)(N)CNC(=O)c1cccc(S(C)(=O)=O)c1. The van der Waals surface area contributed by atoms with Crippen molar-refractivity contribution in [1.82, 2.24) is 5.32 Å². The van der Waals surface area contributed by atoms with Gasteiger partial charge in [0, 0.05) is 23.9 Å². The predicted molar refractivity (Wildman–Crippen MR) is 70.2 cm³/mol. The summed E-state index contributed by atoms with van der Waals surface area (Å²) in [7, 11) is -3.31. The standard InChI is InChI=1S/C12H18N2O3S/c1-12(2,13)8-14-11(15)9-5-4-6-10(7-9)18(3,16)17/h4-7H,8,13H2,1-3H3,(H,14,15). The lowest BCUT2D eigenvalue weighted by atomic mass is 10.1. The molecular weight excluding hydrogens is 252 g/mol. The highest BCUT2D eigenvalue weighted by molar-refractivity contribution is 7.90. The van der Waals surface area contributed by atoms with E-state index in [1.807, 2.05) is 0 Å². The third-order valence-corrected chi connectivity index (χ3v) is 3.34. The predicted octanol–water partition coefficient (Wildman–Crippen LogP) is 0.557. The van der Waals surface area contributed by atoms with Crippen LogP contribution in [-0.4, -0.2) is 32.7 Å². The molecule has 0 saturated carbocycles. The van der Waals surface area contributed by atoms with Crippen LogP contribution in [0.2, 0.25) is 0 Å². The Kier molecular flexibility index (Phi) is 4.13. The number of benzene rings is 1. The molecule has 0 bridgehead atoms. The van der Waals surface area contributed by atoms with Gasteiger partial charge in [0.15, 0.2) is 9.84 Å². The van der Waals surface area contributed by atoms with E-state index in [9.17, 15) is 13.2 Å². The second-order valence-corrected chi connectivity index (χ2v) is 6.99. The summed E-state index contributed by atoms with van der Waals surface area (Å²) in [5.74, 6) is -0.334. The van der Waals surface area contributed by atoms with Crippen molar-refractivity contribution < 1.29 is 13.2 Å². The van der Waals surface area contributed by atoms with Crippen LogP contribution in [0.5, 0.6) is 0 Å². The molecular formula is C12H18N2O3S. The quantitative estimate of drug-likeness (QED) is 0.836. The Hall–Kier alpha value is -1.40. The van der Waals surface area contributed by atoms with Gasteiger partial charge in [0.05, 0.1) is 4.90 Å². The van der Waals surface area contributed by atoms with Crippen LogP contribution >= 0.6 is 0 Å². The number of carbonyl (C=O) groups excluding carboxylic acids is 1. The summed E-state index contributed by atoms with van der Waals surface area (Å²) in [5.41, 5.74) is 5.55. The van der Waals surface area contributed by atoms with Crippen molar-refractivity contribution in [3.8, 4) is 0 Å². The zero-order valence-electron chi connectivity index (χ0n) is 10.7. The molecule has 6 heteroatoms. The molecule has 0 aromatic heterocycles. The molecule has 0 heterocycles. The number of amides is 1. The summed E-state index contributed by atoms with van der Waals surface area (Å²) in [4.78, 5) is 11.9. The second kappa shape index (κ2) is 5.07. The lowest BCUT2D eigenvalue weighted by Crippen LogP contribution is -2.45. The van der Waals surface area contributed by atoms with E-state index in [0.29, 0.717) is 12.1 Å². The van der Waals surface area contributed by atoms with Gasteiger partial charge in [0.25, 0.3) is 5.91 Å². The van der Waals surface area contributed by atoms with Gasteiger partial charge < -0.3 is 11.1 Å². The summed E-state index contributed by atoms with van der Waals surface area (Å²) < 4.78 is 22.7. The average Bonchev–Trinajstić information content (AvgIpc) is 2.24. The molecule has 0 unspecified atom stereocenters. The zero-order chi connectivity index (χ0) is 14.0. The van der Waals surface area contributed by atoms with Gasteiger partial charge in [-0.15, -0.1) is 0 Å². The molecule has 100 valence electrons. The highest BCUT2D eigenvalue weighted by atomic mass is 32.2. The fourth-order valence-corrected chi connectivity index (χ4v) is 1.94. The Morgan fingerprint density at radius 1 is 1.39 bits per heavy atom. The monoisotopic (exact) mass is 270 g/mol. The number of hydrogen-bond acceptors (Lipinski definition) is 4. The second-order valence-electron chi connectivity index (χ2n) is 4.97. The van der Waals surface area contributed by atoms with Gasteiger partial charge in [-0.05, 0) is 32.0 Å². The zero-order valence-corrected chi connectivity index (χ0v) is 11.5. The summed E-state index contributed by atoms with van der Waals surface area (Å²) in [6.45, 7) is 3.90. The fourth-order valence-electron chi connectivity index (χ4n) is 1.28. The third kappa shape index (κ3) is 4.46. The van der Waals surface area contributed by atoms with Crippen LogP contribution < -0.4 is 11.1 Å². The topological polar surface area (TPSA) is 89.3 Å². The molecule has 0 aliphatic carbocycles. The van der Waals surface area contributed by atoms with Crippen molar-refractivity contribution in [2.75, 3.05) is 12.8 Å². The van der Waals surface area contributed by atoms with E-state index in [2.05, 4.69) is 5.32 Å². The van der Waals surface area contributed by atoms with Gasteiger partial charge in [-0.25, -0.2) is 8.42 Å². The summed E-state index contributed by atoms with van der Waals surface area (Å²) in [5, 5.41) is 2.66. The smallest absolute Gasteiger partial charge is 0.251 e. The van der Waals surface area contributed by atoms with Crippen LogP contribution in [0.25, 0.3) is 0 Å². The van der Waals surface area contributed by atoms with E-state index >= 15 is 0 Å². The van der Waals surface area contributed by atoms with Gasteiger partial charge in [-0.2, -0.15) is 0 Å². The van der Waals surface area contributed by atoms with Gasteiger partial charge in [0.2, 0.25) is 0 Å². The maximum atomic E-state index is 11.8. The van der Waals surface area contributed by atoms with Crippen LogP contribution in [-0.2, 0) is 9.84 Å². The fraction of sp³-hybridized carbons (Fsp3) is 0.417. The maximum absolute atomic E-state index is 11.8. The minimum Gasteiger partial charge on any atom is -0.350 e. The molecule has 0 spiro atoms. The first-order chi connectivity index (χ1) is 8.09. The number of rotatable bonds is 4. The van der Waals surface area contributed by atoms with E-state index in [1.165, 1.54) is 12.1 Å². The van der Waals surface area contributed by atoms with Crippen molar-refractivity contribution in [3.05, 3.63) is 29.8 Å². The van der Waals surface area contributed by atoms with Crippen LogP contribution in [0.1, 0.15) is 24.2 Å². The van der Waals surface area contributed by atoms with E-state index in [-0.39, 0.29) is 10.8 Å². The molecule has 0 atom stereocenters. The van der Waals surface area contributed by atoms with Crippen LogP contribution in [0.3, 0.4) is 0 Å². The molecule has 0 fully saturated rings. The Balaban J connectivity index is 2.88. The Morgan fingerprint density at radius 3 is 2.50 bits per heavy atom. The molecule has 0 aliphatic heterocycles. The molecule has 3 N–H and O–H groups in total. The molecule has 0 saturated heterocycles. The minimum atomic E-state index is -3.31. The normalized spacial score (nSPS) is 12.2. The van der Waals surface area contributed by atoms with Crippen LogP contribution in [0, 0.1) is 0 Å². The van der Waals surface area contributed by atoms with Crippen molar-refractivity contribution in [2.45, 2.75) is 24.3 Å².